The molecule has 3 aliphatic rings. The second-order valence-corrected chi connectivity index (χ2v) is 23.5. The topological polar surface area (TPSA) is 187 Å². The van der Waals surface area contributed by atoms with Crippen LogP contribution in [0.5, 0.6) is 5.75 Å². The van der Waals surface area contributed by atoms with Crippen LogP contribution in [0.15, 0.2) is 170 Å². The molecular weight excluding hydrogens is 1250 g/mol. The summed E-state index contributed by atoms with van der Waals surface area (Å²) in [6.45, 7) is 4.54. The van der Waals surface area contributed by atoms with E-state index in [0.717, 1.165) is 40.6 Å². The number of hydrogen-bond donors (Lipinski definition) is 3. The van der Waals surface area contributed by atoms with Gasteiger partial charge in [0.15, 0.2) is 0 Å². The van der Waals surface area contributed by atoms with Crippen LogP contribution >= 0.6 is 55.1 Å². The van der Waals surface area contributed by atoms with Crippen LogP contribution in [0.3, 0.4) is 0 Å². The average molecular weight is 1310 g/mol. The zero-order chi connectivity index (χ0) is 58.8. The maximum absolute atomic E-state index is 13.9. The van der Waals surface area contributed by atoms with E-state index in [2.05, 4.69) is 49.4 Å². The summed E-state index contributed by atoms with van der Waals surface area (Å²) < 4.78 is 15.4. The molecule has 9 aromatic rings. The van der Waals surface area contributed by atoms with Crippen LogP contribution in [-0.2, 0) is 45.8 Å². The molecule has 0 atom stereocenters. The lowest BCUT2D eigenvalue weighted by Gasteiger charge is -2.32. The Morgan fingerprint density at radius 3 is 1.56 bits per heavy atom. The predicted octanol–water partition coefficient (Wildman–Crippen LogP) is 11.0. The Bertz CT molecular complexity index is 4100. The molecule has 2 aliphatic heterocycles. The van der Waals surface area contributed by atoms with Gasteiger partial charge in [0, 0.05) is 83.0 Å². The van der Waals surface area contributed by atoms with Gasteiger partial charge in [0.2, 0.25) is 0 Å². The fraction of sp³-hybridized carbons (Fsp3) is 0.250. The number of ether oxygens (including phenoxy) is 1. The number of carbonyl (C=O) groups is 4. The fourth-order valence-corrected chi connectivity index (χ4v) is 11.8. The SMILES string of the molecule is C.CC1CC(Oc2ccc(-n3c(C(=O)NCc4ccccc4)c4n(c3=O)CCN(C(=O)c3ccc(Br)c(Cl)c3)C4)cc2)C1.O=C(NCc1ccccc1)c1c2n(c(=O)n1-c1ccc3c(ccn3CCO)c1)CCN(C(=O)c1ccc(Br)c(Cl)c1)C2. The molecule has 0 radical (unpaired) electrons. The van der Waals surface area contributed by atoms with Gasteiger partial charge in [-0.25, -0.2) is 9.59 Å². The third-order valence-electron chi connectivity index (χ3n) is 15.4. The summed E-state index contributed by atoms with van der Waals surface area (Å²) in [5.74, 6) is 0.131. The number of nitrogens with one attached hydrogen (secondary N) is 2. The van der Waals surface area contributed by atoms with Crippen LogP contribution in [0.25, 0.3) is 22.3 Å². The summed E-state index contributed by atoms with van der Waals surface area (Å²) in [5.41, 5.74) is 5.40. The number of fused-ring (bicyclic) bond motifs is 3. The number of aliphatic hydroxyl groups is 1. The molecule has 1 fully saturated rings. The van der Waals surface area contributed by atoms with E-state index >= 15 is 0 Å². The van der Waals surface area contributed by atoms with Gasteiger partial charge in [-0.1, -0.05) is 98.2 Å². The number of carbonyl (C=O) groups excluding carboxylic acids is 4. The maximum atomic E-state index is 13.9. The molecule has 3 aromatic heterocycles. The molecule has 4 amide bonds. The molecule has 12 rings (SSSR count). The lowest BCUT2D eigenvalue weighted by molar-refractivity contribution is 0.0701. The first-order valence-corrected chi connectivity index (χ1v) is 29.8. The third-order valence-corrected chi connectivity index (χ3v) is 17.8. The number of imidazole rings is 2. The van der Waals surface area contributed by atoms with Gasteiger partial charge in [-0.15, -0.1) is 0 Å². The summed E-state index contributed by atoms with van der Waals surface area (Å²) in [4.78, 5) is 85.5. The van der Waals surface area contributed by atoms with Crippen molar-refractivity contribution in [1.29, 1.82) is 0 Å². The molecule has 0 spiro atoms. The van der Waals surface area contributed by atoms with Crippen LogP contribution in [0.4, 0.5) is 0 Å². The molecule has 438 valence electrons. The Balaban J connectivity index is 0.000000187. The van der Waals surface area contributed by atoms with E-state index in [-0.39, 0.29) is 87.4 Å². The molecule has 3 N–H and O–H groups in total. The van der Waals surface area contributed by atoms with Gasteiger partial charge >= 0.3 is 11.4 Å². The van der Waals surface area contributed by atoms with Gasteiger partial charge in [0.05, 0.1) is 58.6 Å². The summed E-state index contributed by atoms with van der Waals surface area (Å²) in [5, 5.41) is 17.1. The van der Waals surface area contributed by atoms with Crippen molar-refractivity contribution in [1.82, 2.24) is 43.3 Å². The number of aromatic nitrogens is 5. The van der Waals surface area contributed by atoms with E-state index in [9.17, 15) is 33.9 Å². The van der Waals surface area contributed by atoms with Crippen molar-refractivity contribution in [2.24, 2.45) is 5.92 Å². The third kappa shape index (κ3) is 12.7. The monoisotopic (exact) mass is 1310 g/mol. The normalized spacial score (nSPS) is 15.1. The van der Waals surface area contributed by atoms with E-state index in [0.29, 0.717) is 85.0 Å². The zero-order valence-electron chi connectivity index (χ0n) is 45.5. The molecule has 1 saturated carbocycles. The first kappa shape index (κ1) is 60.2. The van der Waals surface area contributed by atoms with E-state index in [1.165, 1.54) is 9.13 Å². The number of hydrogen-bond acceptors (Lipinski definition) is 8. The fourth-order valence-electron chi connectivity index (χ4n) is 11.0. The molecule has 85 heavy (non-hydrogen) atoms. The highest BCUT2D eigenvalue weighted by Crippen LogP contribution is 2.33. The number of amides is 4. The van der Waals surface area contributed by atoms with Crippen molar-refractivity contribution in [3.63, 3.8) is 0 Å². The van der Waals surface area contributed by atoms with E-state index in [4.69, 9.17) is 27.9 Å². The number of aliphatic hydroxyl groups excluding tert-OH is 1. The molecule has 0 bridgehead atoms. The second-order valence-electron chi connectivity index (χ2n) is 21.0. The minimum Gasteiger partial charge on any atom is -0.490 e. The van der Waals surface area contributed by atoms with Crippen molar-refractivity contribution in [3.8, 4) is 17.1 Å². The lowest BCUT2D eigenvalue weighted by atomic mass is 9.84. The van der Waals surface area contributed by atoms with E-state index in [1.807, 2.05) is 102 Å². The minimum absolute atomic E-state index is 0. The Hall–Kier alpha value is -7.94. The molecule has 0 unspecified atom stereocenters. The summed E-state index contributed by atoms with van der Waals surface area (Å²) in [6.07, 6.45) is 4.14. The Labute approximate surface area is 517 Å². The van der Waals surface area contributed by atoms with Crippen LogP contribution < -0.4 is 26.7 Å². The smallest absolute Gasteiger partial charge is 0.333 e. The zero-order valence-corrected chi connectivity index (χ0v) is 50.2. The highest BCUT2D eigenvalue weighted by molar-refractivity contribution is 9.10. The molecule has 6 aromatic carbocycles. The number of benzene rings is 6. The van der Waals surface area contributed by atoms with Gasteiger partial charge in [-0.2, -0.15) is 0 Å². The first-order chi connectivity index (χ1) is 40.6. The van der Waals surface area contributed by atoms with Crippen molar-refractivity contribution >= 4 is 89.6 Å². The van der Waals surface area contributed by atoms with Crippen LogP contribution in [-0.4, -0.2) is 87.2 Å². The Morgan fingerprint density at radius 1 is 0.612 bits per heavy atom. The summed E-state index contributed by atoms with van der Waals surface area (Å²) >= 11 is 19.2. The van der Waals surface area contributed by atoms with Gasteiger partial charge in [-0.3, -0.25) is 37.4 Å². The summed E-state index contributed by atoms with van der Waals surface area (Å²) in [6, 6.07) is 43.9. The minimum atomic E-state index is -0.413. The van der Waals surface area contributed by atoms with Gasteiger partial charge in [0.1, 0.15) is 17.1 Å². The van der Waals surface area contributed by atoms with E-state index < -0.39 is 11.8 Å². The molecule has 21 heteroatoms. The highest BCUT2D eigenvalue weighted by atomic mass is 79.9. The van der Waals surface area contributed by atoms with Crippen molar-refractivity contribution < 1.29 is 29.0 Å². The summed E-state index contributed by atoms with van der Waals surface area (Å²) in [7, 11) is 0. The Morgan fingerprint density at radius 2 is 1.09 bits per heavy atom. The van der Waals surface area contributed by atoms with Crippen LogP contribution in [0.1, 0.15) is 91.4 Å². The van der Waals surface area contributed by atoms with Gasteiger partial charge in [-0.05, 0) is 147 Å². The molecular formula is C64H61Br2Cl2N9O8. The highest BCUT2D eigenvalue weighted by Gasteiger charge is 2.35. The molecule has 5 heterocycles. The standard InChI is InChI=1S/C32H30BrClN4O4.C31H27BrClN5O4.CH4/c1-20-15-25(16-20)42-24-10-8-23(9-11-24)38-29(30(39)35-18-21-5-3-2-4-6-21)28-19-36(13-14-37(28)32(38)41)31(40)22-7-12-26(33)27(34)17-22;32-24-8-6-22(17-25(24)33)30(41)36-12-13-37-27(19-36)28(29(40)34-18-20-4-2-1-3-5-20)38(31(37)42)23-7-9-26-21(16-23)10-11-35(26)14-15-39;/h2-12,17,20,25H,13-16,18-19H2,1H3,(H,35,39);1-11,16-17,39H,12-15,18-19H2,(H,34,40);1H4. The van der Waals surface area contributed by atoms with Crippen molar-refractivity contribution in [2.45, 2.75) is 79.1 Å². The number of nitrogens with zero attached hydrogens (tertiary/aromatic N) is 7. The number of halogens is 4. The first-order valence-electron chi connectivity index (χ1n) is 27.4. The predicted molar refractivity (Wildman–Crippen MR) is 335 cm³/mol. The van der Waals surface area contributed by atoms with Crippen LogP contribution in [0.2, 0.25) is 10.0 Å². The number of rotatable bonds is 14. The second kappa shape index (κ2) is 26.1. The Kier molecular flexibility index (Phi) is 18.5. The van der Waals surface area contributed by atoms with Crippen LogP contribution in [0, 0.1) is 5.92 Å². The average Bonchev–Trinajstić information content (AvgIpc) is 2.87. The molecule has 17 nitrogen and oxygen atoms in total. The quantitative estimate of drug-likeness (QED) is 0.0959. The van der Waals surface area contributed by atoms with Gasteiger partial charge < -0.3 is 34.8 Å². The lowest BCUT2D eigenvalue weighted by Crippen LogP contribution is -2.41. The van der Waals surface area contributed by atoms with Crippen molar-refractivity contribution in [3.05, 3.63) is 237 Å². The van der Waals surface area contributed by atoms with Crippen molar-refractivity contribution in [2.75, 3.05) is 19.7 Å². The maximum Gasteiger partial charge on any atom is 0.333 e. The molecule has 0 saturated heterocycles. The largest absolute Gasteiger partial charge is 0.490 e. The van der Waals surface area contributed by atoms with E-state index in [1.54, 1.807) is 73.5 Å². The van der Waals surface area contributed by atoms with Gasteiger partial charge in [0.25, 0.3) is 23.6 Å². The molecule has 1 aliphatic carbocycles.